The topological polar surface area (TPSA) is 75.3 Å². The number of aliphatic hydroxyl groups is 1. The summed E-state index contributed by atoms with van der Waals surface area (Å²) >= 11 is 0. The molecule has 0 spiro atoms. The molecule has 4 N–H and O–H groups in total. The van der Waals surface area contributed by atoms with E-state index in [1.54, 1.807) is 0 Å². The molecule has 1 rings (SSSR count). The Hall–Kier alpha value is -1.39. The van der Waals surface area contributed by atoms with E-state index >= 15 is 0 Å². The lowest BCUT2D eigenvalue weighted by Crippen LogP contribution is -2.32. The molecule has 1 aromatic rings. The smallest absolute Gasteiger partial charge is 0.221 e. The van der Waals surface area contributed by atoms with Crippen LogP contribution in [0.1, 0.15) is 44.2 Å². The van der Waals surface area contributed by atoms with Crippen LogP contribution in [0.3, 0.4) is 0 Å². The molecule has 20 heavy (non-hydrogen) atoms. The molecule has 0 aliphatic rings. The number of hydrogen-bond acceptors (Lipinski definition) is 3. The van der Waals surface area contributed by atoms with Crippen LogP contribution in [0, 0.1) is 5.92 Å². The Kier molecular flexibility index (Phi) is 7.92. The second-order valence-electron chi connectivity index (χ2n) is 5.19. The van der Waals surface area contributed by atoms with Gasteiger partial charge in [0.05, 0.1) is 0 Å². The number of carbonyl (C=O) groups excluding carboxylic acids is 1. The van der Waals surface area contributed by atoms with E-state index in [-0.39, 0.29) is 18.6 Å². The maximum Gasteiger partial charge on any atom is 0.221 e. The van der Waals surface area contributed by atoms with Crippen molar-refractivity contribution in [2.24, 2.45) is 11.7 Å². The van der Waals surface area contributed by atoms with Gasteiger partial charge in [0.25, 0.3) is 0 Å². The van der Waals surface area contributed by atoms with Crippen LogP contribution in [0.2, 0.25) is 0 Å². The summed E-state index contributed by atoms with van der Waals surface area (Å²) in [5, 5.41) is 11.9. The van der Waals surface area contributed by atoms with E-state index in [0.717, 1.165) is 24.8 Å². The van der Waals surface area contributed by atoms with Crippen LogP contribution >= 0.6 is 0 Å². The van der Waals surface area contributed by atoms with Gasteiger partial charge >= 0.3 is 0 Å². The highest BCUT2D eigenvalue weighted by Crippen LogP contribution is 2.13. The molecule has 0 aliphatic carbocycles. The van der Waals surface area contributed by atoms with Crippen LogP contribution in [0.15, 0.2) is 30.3 Å². The van der Waals surface area contributed by atoms with Crippen LogP contribution in [-0.4, -0.2) is 24.2 Å². The van der Waals surface area contributed by atoms with Crippen LogP contribution in [0.5, 0.6) is 0 Å². The van der Waals surface area contributed by atoms with Gasteiger partial charge in [-0.05, 0) is 24.3 Å². The second kappa shape index (κ2) is 9.50. The Bertz CT molecular complexity index is 375. The van der Waals surface area contributed by atoms with Crippen molar-refractivity contribution in [2.75, 3.05) is 13.2 Å². The Labute approximate surface area is 121 Å². The van der Waals surface area contributed by atoms with Gasteiger partial charge in [-0.1, -0.05) is 43.7 Å². The molecule has 1 amide bonds. The molecule has 0 heterocycles. The first kappa shape index (κ1) is 16.7. The molecule has 0 aromatic heterocycles. The van der Waals surface area contributed by atoms with E-state index in [9.17, 15) is 4.79 Å². The molecule has 0 saturated carbocycles. The SMILES string of the molecule is CCCC(CCO)CNC(=O)CC(N)c1ccccc1. The lowest BCUT2D eigenvalue weighted by molar-refractivity contribution is -0.121. The molecular formula is C16H26N2O2. The van der Waals surface area contributed by atoms with Gasteiger partial charge in [-0.2, -0.15) is 0 Å². The first-order chi connectivity index (χ1) is 9.67. The third-order valence-corrected chi connectivity index (χ3v) is 3.46. The van der Waals surface area contributed by atoms with Gasteiger partial charge in [0.2, 0.25) is 5.91 Å². The Balaban J connectivity index is 2.35. The summed E-state index contributed by atoms with van der Waals surface area (Å²) in [6, 6.07) is 9.38. The lowest BCUT2D eigenvalue weighted by atomic mass is 10.00. The summed E-state index contributed by atoms with van der Waals surface area (Å²) < 4.78 is 0. The lowest BCUT2D eigenvalue weighted by Gasteiger charge is -2.17. The predicted molar refractivity (Wildman–Crippen MR) is 81.1 cm³/mol. The molecule has 0 bridgehead atoms. The van der Waals surface area contributed by atoms with Crippen molar-refractivity contribution in [3.8, 4) is 0 Å². The molecule has 0 radical (unpaired) electrons. The first-order valence-electron chi connectivity index (χ1n) is 7.35. The molecule has 0 aliphatic heterocycles. The summed E-state index contributed by atoms with van der Waals surface area (Å²) in [6.07, 6.45) is 3.11. The van der Waals surface area contributed by atoms with Crippen LogP contribution in [0.4, 0.5) is 0 Å². The van der Waals surface area contributed by atoms with Gasteiger partial charge in [0.15, 0.2) is 0 Å². The quantitative estimate of drug-likeness (QED) is 0.646. The summed E-state index contributed by atoms with van der Waals surface area (Å²) in [7, 11) is 0. The highest BCUT2D eigenvalue weighted by Gasteiger charge is 2.13. The summed E-state index contributed by atoms with van der Waals surface area (Å²) in [4.78, 5) is 11.9. The first-order valence-corrected chi connectivity index (χ1v) is 7.35. The second-order valence-corrected chi connectivity index (χ2v) is 5.19. The average molecular weight is 278 g/mol. The van der Waals surface area contributed by atoms with Gasteiger partial charge in [0.1, 0.15) is 0 Å². The Morgan fingerprint density at radius 2 is 2.00 bits per heavy atom. The number of amides is 1. The zero-order valence-corrected chi connectivity index (χ0v) is 12.2. The van der Waals surface area contributed by atoms with E-state index in [0.29, 0.717) is 18.9 Å². The minimum absolute atomic E-state index is 0.0274. The fourth-order valence-corrected chi connectivity index (χ4v) is 2.29. The number of hydrogen-bond donors (Lipinski definition) is 3. The van der Waals surface area contributed by atoms with E-state index in [4.69, 9.17) is 10.8 Å². The van der Waals surface area contributed by atoms with Crippen LogP contribution in [0.25, 0.3) is 0 Å². The van der Waals surface area contributed by atoms with Crippen molar-refractivity contribution >= 4 is 5.91 Å². The van der Waals surface area contributed by atoms with Gasteiger partial charge < -0.3 is 16.2 Å². The van der Waals surface area contributed by atoms with Crippen molar-refractivity contribution < 1.29 is 9.90 Å². The molecule has 112 valence electrons. The number of aliphatic hydroxyl groups excluding tert-OH is 1. The summed E-state index contributed by atoms with van der Waals surface area (Å²) in [5.74, 6) is 0.322. The monoisotopic (exact) mass is 278 g/mol. The molecule has 0 saturated heterocycles. The van der Waals surface area contributed by atoms with Gasteiger partial charge in [-0.25, -0.2) is 0 Å². The van der Waals surface area contributed by atoms with Crippen LogP contribution in [-0.2, 0) is 4.79 Å². The van der Waals surface area contributed by atoms with Crippen molar-refractivity contribution in [1.82, 2.24) is 5.32 Å². The fraction of sp³-hybridized carbons (Fsp3) is 0.562. The Morgan fingerprint density at radius 1 is 1.30 bits per heavy atom. The third kappa shape index (κ3) is 6.17. The minimum Gasteiger partial charge on any atom is -0.396 e. The number of nitrogens with one attached hydrogen (secondary N) is 1. The maximum atomic E-state index is 11.9. The maximum absolute atomic E-state index is 11.9. The number of rotatable bonds is 9. The van der Waals surface area contributed by atoms with E-state index in [2.05, 4.69) is 12.2 Å². The van der Waals surface area contributed by atoms with Crippen molar-refractivity contribution in [3.05, 3.63) is 35.9 Å². The molecule has 0 fully saturated rings. The van der Waals surface area contributed by atoms with Crippen molar-refractivity contribution in [2.45, 2.75) is 38.6 Å². The zero-order valence-electron chi connectivity index (χ0n) is 12.2. The largest absolute Gasteiger partial charge is 0.396 e. The predicted octanol–water partition coefficient (Wildman–Crippen LogP) is 1.99. The molecule has 4 heteroatoms. The van der Waals surface area contributed by atoms with Gasteiger partial charge in [-0.3, -0.25) is 4.79 Å². The molecule has 2 atom stereocenters. The van der Waals surface area contributed by atoms with E-state index in [1.165, 1.54) is 0 Å². The number of benzene rings is 1. The van der Waals surface area contributed by atoms with Crippen molar-refractivity contribution in [1.29, 1.82) is 0 Å². The van der Waals surface area contributed by atoms with Crippen LogP contribution < -0.4 is 11.1 Å². The fourth-order valence-electron chi connectivity index (χ4n) is 2.29. The average Bonchev–Trinajstić information content (AvgIpc) is 2.46. The standard InChI is InChI=1S/C16H26N2O2/c1-2-6-13(9-10-19)12-18-16(20)11-15(17)14-7-4-3-5-8-14/h3-5,7-8,13,15,19H,2,6,9-12,17H2,1H3,(H,18,20). The normalized spacial score (nSPS) is 13.8. The van der Waals surface area contributed by atoms with Gasteiger partial charge in [-0.15, -0.1) is 0 Å². The summed E-state index contributed by atoms with van der Waals surface area (Å²) in [6.45, 7) is 2.90. The van der Waals surface area contributed by atoms with Crippen molar-refractivity contribution in [3.63, 3.8) is 0 Å². The van der Waals surface area contributed by atoms with E-state index < -0.39 is 0 Å². The molecule has 1 aromatic carbocycles. The number of carbonyl (C=O) groups is 1. The third-order valence-electron chi connectivity index (χ3n) is 3.46. The highest BCUT2D eigenvalue weighted by atomic mass is 16.3. The summed E-state index contributed by atoms with van der Waals surface area (Å²) in [5.41, 5.74) is 6.99. The molecule has 2 unspecified atom stereocenters. The zero-order chi connectivity index (χ0) is 14.8. The molecule has 4 nitrogen and oxygen atoms in total. The number of nitrogens with two attached hydrogens (primary N) is 1. The minimum atomic E-state index is -0.265. The highest BCUT2D eigenvalue weighted by molar-refractivity contribution is 5.76. The molecular weight excluding hydrogens is 252 g/mol. The Morgan fingerprint density at radius 3 is 2.60 bits per heavy atom. The van der Waals surface area contributed by atoms with E-state index in [1.807, 2.05) is 30.3 Å². The van der Waals surface area contributed by atoms with Gasteiger partial charge in [0, 0.05) is 25.6 Å².